The lowest BCUT2D eigenvalue weighted by Crippen LogP contribution is -2.16. The number of ether oxygens (including phenoxy) is 1. The van der Waals surface area contributed by atoms with E-state index >= 15 is 0 Å². The van der Waals surface area contributed by atoms with E-state index < -0.39 is 5.97 Å². The van der Waals surface area contributed by atoms with Crippen LogP contribution < -0.4 is 10.6 Å². The molecular formula is C21H24N2O4S. The van der Waals surface area contributed by atoms with E-state index in [-0.39, 0.29) is 24.3 Å². The number of nitrogens with one attached hydrogen (secondary N) is 2. The molecule has 1 aromatic heterocycles. The third kappa shape index (κ3) is 4.42. The van der Waals surface area contributed by atoms with Gasteiger partial charge in [-0.25, -0.2) is 4.79 Å². The van der Waals surface area contributed by atoms with Crippen LogP contribution in [-0.4, -0.2) is 24.4 Å². The summed E-state index contributed by atoms with van der Waals surface area (Å²) in [6.07, 6.45) is 2.56. The first kappa shape index (κ1) is 20.1. The quantitative estimate of drug-likeness (QED) is 0.675. The van der Waals surface area contributed by atoms with Crippen LogP contribution in [0.3, 0.4) is 0 Å². The molecule has 2 N–H and O–H groups in total. The maximum Gasteiger partial charge on any atom is 0.341 e. The molecule has 0 spiro atoms. The minimum absolute atomic E-state index is 0.0254. The second kappa shape index (κ2) is 8.56. The van der Waals surface area contributed by atoms with Gasteiger partial charge in [-0.15, -0.1) is 11.3 Å². The first-order chi connectivity index (χ1) is 13.4. The average Bonchev–Trinajstić information content (AvgIpc) is 3.47. The molecule has 6 nitrogen and oxygen atoms in total. The summed E-state index contributed by atoms with van der Waals surface area (Å²) in [4.78, 5) is 37.8. The molecule has 0 aliphatic heterocycles. The fourth-order valence-electron chi connectivity index (χ4n) is 2.98. The number of carbonyl (C=O) groups is 3. The number of anilines is 2. The van der Waals surface area contributed by atoms with E-state index in [2.05, 4.69) is 10.6 Å². The van der Waals surface area contributed by atoms with Crippen LogP contribution in [0.5, 0.6) is 0 Å². The minimum Gasteiger partial charge on any atom is -0.462 e. The van der Waals surface area contributed by atoms with E-state index in [0.29, 0.717) is 28.2 Å². The Hall–Kier alpha value is -2.67. The SMILES string of the molecule is CCOC(=O)c1c(NC(=O)c2ccc(NC(=O)C3CC3)cc2)sc(C)c1CC. The number of amides is 2. The van der Waals surface area contributed by atoms with Gasteiger partial charge in [0.1, 0.15) is 5.00 Å². The van der Waals surface area contributed by atoms with Crippen molar-refractivity contribution in [2.45, 2.75) is 40.0 Å². The van der Waals surface area contributed by atoms with Crippen molar-refractivity contribution in [2.75, 3.05) is 17.2 Å². The Morgan fingerprint density at radius 3 is 2.36 bits per heavy atom. The second-order valence-corrected chi connectivity index (χ2v) is 7.93. The van der Waals surface area contributed by atoms with Crippen molar-refractivity contribution in [3.8, 4) is 0 Å². The first-order valence-electron chi connectivity index (χ1n) is 9.46. The van der Waals surface area contributed by atoms with E-state index in [1.165, 1.54) is 11.3 Å². The number of esters is 1. The highest BCUT2D eigenvalue weighted by molar-refractivity contribution is 7.16. The topological polar surface area (TPSA) is 84.5 Å². The molecule has 0 saturated heterocycles. The van der Waals surface area contributed by atoms with Gasteiger partial charge in [0.05, 0.1) is 12.2 Å². The molecule has 0 bridgehead atoms. The van der Waals surface area contributed by atoms with Crippen molar-refractivity contribution >= 4 is 39.8 Å². The predicted molar refractivity (Wildman–Crippen MR) is 110 cm³/mol. The van der Waals surface area contributed by atoms with Crippen LogP contribution in [0.1, 0.15) is 57.8 Å². The summed E-state index contributed by atoms with van der Waals surface area (Å²) in [7, 11) is 0. The summed E-state index contributed by atoms with van der Waals surface area (Å²) >= 11 is 1.37. The van der Waals surface area contributed by atoms with Crippen molar-refractivity contribution in [2.24, 2.45) is 5.92 Å². The van der Waals surface area contributed by atoms with Gasteiger partial charge in [0.25, 0.3) is 5.91 Å². The third-order valence-electron chi connectivity index (χ3n) is 4.63. The standard InChI is InChI=1S/C21H24N2O4S/c1-4-16-12(3)28-20(17(16)21(26)27-5-2)23-19(25)14-8-10-15(11-9-14)22-18(24)13-6-7-13/h8-11,13H,4-7H2,1-3H3,(H,22,24)(H,23,25). The average molecular weight is 401 g/mol. The third-order valence-corrected chi connectivity index (χ3v) is 5.69. The number of carbonyl (C=O) groups excluding carboxylic acids is 3. The molecular weight excluding hydrogens is 376 g/mol. The van der Waals surface area contributed by atoms with Gasteiger partial charge in [-0.05, 0) is 62.9 Å². The monoisotopic (exact) mass is 400 g/mol. The molecule has 1 aliphatic rings. The van der Waals surface area contributed by atoms with Gasteiger partial charge < -0.3 is 15.4 Å². The predicted octanol–water partition coefficient (Wildman–Crippen LogP) is 4.40. The van der Waals surface area contributed by atoms with Crippen LogP contribution in [0.2, 0.25) is 0 Å². The summed E-state index contributed by atoms with van der Waals surface area (Å²) in [5.41, 5.74) is 2.45. The molecule has 1 heterocycles. The van der Waals surface area contributed by atoms with Gasteiger partial charge in [-0.2, -0.15) is 0 Å². The van der Waals surface area contributed by atoms with Crippen LogP contribution in [0, 0.1) is 12.8 Å². The fraction of sp³-hybridized carbons (Fsp3) is 0.381. The Morgan fingerprint density at radius 1 is 1.11 bits per heavy atom. The van der Waals surface area contributed by atoms with Gasteiger partial charge in [0, 0.05) is 22.0 Å². The van der Waals surface area contributed by atoms with Crippen molar-refractivity contribution in [1.82, 2.24) is 0 Å². The number of hydrogen-bond acceptors (Lipinski definition) is 5. The fourth-order valence-corrected chi connectivity index (χ4v) is 4.11. The lowest BCUT2D eigenvalue weighted by Gasteiger charge is -2.09. The zero-order valence-electron chi connectivity index (χ0n) is 16.3. The van der Waals surface area contributed by atoms with E-state index in [1.54, 1.807) is 31.2 Å². The Balaban J connectivity index is 1.75. The highest BCUT2D eigenvalue weighted by Gasteiger charge is 2.29. The largest absolute Gasteiger partial charge is 0.462 e. The van der Waals surface area contributed by atoms with Crippen LogP contribution in [-0.2, 0) is 16.0 Å². The Labute approximate surface area is 168 Å². The van der Waals surface area contributed by atoms with Gasteiger partial charge in [-0.1, -0.05) is 6.92 Å². The van der Waals surface area contributed by atoms with E-state index in [4.69, 9.17) is 4.74 Å². The van der Waals surface area contributed by atoms with Gasteiger partial charge in [-0.3, -0.25) is 9.59 Å². The summed E-state index contributed by atoms with van der Waals surface area (Å²) in [5.74, 6) is -0.580. The molecule has 0 radical (unpaired) electrons. The molecule has 1 aromatic carbocycles. The van der Waals surface area contributed by atoms with Gasteiger partial charge in [0.15, 0.2) is 0 Å². The Morgan fingerprint density at radius 2 is 1.79 bits per heavy atom. The molecule has 148 valence electrons. The molecule has 1 aliphatic carbocycles. The molecule has 28 heavy (non-hydrogen) atoms. The van der Waals surface area contributed by atoms with Gasteiger partial charge >= 0.3 is 5.97 Å². The smallest absolute Gasteiger partial charge is 0.341 e. The van der Waals surface area contributed by atoms with Crippen molar-refractivity contribution in [3.63, 3.8) is 0 Å². The summed E-state index contributed by atoms with van der Waals surface area (Å²) in [6.45, 7) is 5.93. The molecule has 0 atom stereocenters. The molecule has 2 amide bonds. The summed E-state index contributed by atoms with van der Waals surface area (Å²) in [5, 5.41) is 6.19. The molecule has 3 rings (SSSR count). The molecule has 1 saturated carbocycles. The van der Waals surface area contributed by atoms with E-state index in [9.17, 15) is 14.4 Å². The first-order valence-corrected chi connectivity index (χ1v) is 10.3. The zero-order chi connectivity index (χ0) is 20.3. The summed E-state index contributed by atoms with van der Waals surface area (Å²) in [6, 6.07) is 6.73. The number of benzene rings is 1. The molecule has 1 fully saturated rings. The number of hydrogen-bond donors (Lipinski definition) is 2. The minimum atomic E-state index is -0.419. The second-order valence-electron chi connectivity index (χ2n) is 6.71. The van der Waals surface area contributed by atoms with Crippen LogP contribution >= 0.6 is 11.3 Å². The van der Waals surface area contributed by atoms with E-state index in [1.807, 2.05) is 13.8 Å². The lowest BCUT2D eigenvalue weighted by molar-refractivity contribution is -0.117. The van der Waals surface area contributed by atoms with Gasteiger partial charge in [0.2, 0.25) is 5.91 Å². The lowest BCUT2D eigenvalue weighted by atomic mass is 10.1. The maximum atomic E-state index is 12.7. The molecule has 0 unspecified atom stereocenters. The highest BCUT2D eigenvalue weighted by atomic mass is 32.1. The van der Waals surface area contributed by atoms with Crippen molar-refractivity contribution in [1.29, 1.82) is 0 Å². The van der Waals surface area contributed by atoms with Crippen molar-refractivity contribution < 1.29 is 19.1 Å². The number of thiophene rings is 1. The Bertz CT molecular complexity index is 898. The molecule has 7 heteroatoms. The normalized spacial score (nSPS) is 13.1. The van der Waals surface area contributed by atoms with Crippen LogP contribution in [0.15, 0.2) is 24.3 Å². The zero-order valence-corrected chi connectivity index (χ0v) is 17.1. The van der Waals surface area contributed by atoms with Crippen LogP contribution in [0.25, 0.3) is 0 Å². The maximum absolute atomic E-state index is 12.7. The van der Waals surface area contributed by atoms with E-state index in [0.717, 1.165) is 23.3 Å². The number of aryl methyl sites for hydroxylation is 1. The van der Waals surface area contributed by atoms with Crippen molar-refractivity contribution in [3.05, 3.63) is 45.8 Å². The Kier molecular flexibility index (Phi) is 6.14. The molecule has 2 aromatic rings. The summed E-state index contributed by atoms with van der Waals surface area (Å²) < 4.78 is 5.16. The van der Waals surface area contributed by atoms with Crippen LogP contribution in [0.4, 0.5) is 10.7 Å². The number of rotatable bonds is 7. The highest BCUT2D eigenvalue weighted by Crippen LogP contribution is 2.34.